The number of methoxy groups -OCH3 is 1. The van der Waals surface area contributed by atoms with Gasteiger partial charge >= 0.3 is 0 Å². The van der Waals surface area contributed by atoms with Gasteiger partial charge in [-0.15, -0.1) is 0 Å². The summed E-state index contributed by atoms with van der Waals surface area (Å²) < 4.78 is 5.23. The van der Waals surface area contributed by atoms with Gasteiger partial charge < -0.3 is 20.1 Å². The average Bonchev–Trinajstić information content (AvgIpc) is 2.46. The van der Waals surface area contributed by atoms with Gasteiger partial charge in [-0.25, -0.2) is 0 Å². The van der Waals surface area contributed by atoms with Crippen molar-refractivity contribution >= 4 is 0 Å². The highest BCUT2D eigenvalue weighted by Gasteiger charge is 2.17. The number of ether oxygens (including phenoxy) is 1. The summed E-state index contributed by atoms with van der Waals surface area (Å²) in [6, 6.07) is 7.99. The quantitative estimate of drug-likeness (QED) is 0.806. The van der Waals surface area contributed by atoms with E-state index in [4.69, 9.17) is 4.74 Å². The predicted octanol–water partition coefficient (Wildman–Crippen LogP) is 0.676. The van der Waals surface area contributed by atoms with Crippen LogP contribution in [0.1, 0.15) is 11.5 Å². The zero-order valence-corrected chi connectivity index (χ0v) is 10.9. The van der Waals surface area contributed by atoms with Crippen LogP contribution in [0.2, 0.25) is 0 Å². The van der Waals surface area contributed by atoms with Gasteiger partial charge in [-0.3, -0.25) is 0 Å². The van der Waals surface area contributed by atoms with E-state index in [1.165, 1.54) is 0 Å². The number of aliphatic hydroxyl groups is 1. The number of hydrogen-bond donors (Lipinski definition) is 2. The highest BCUT2D eigenvalue weighted by Crippen LogP contribution is 2.21. The Kier molecular flexibility index (Phi) is 4.99. The molecule has 4 heteroatoms. The van der Waals surface area contributed by atoms with Gasteiger partial charge in [0.25, 0.3) is 0 Å². The third-order valence-electron chi connectivity index (χ3n) is 3.47. The summed E-state index contributed by atoms with van der Waals surface area (Å²) in [5, 5.41) is 12.9. The van der Waals surface area contributed by atoms with E-state index in [9.17, 15) is 5.11 Å². The van der Waals surface area contributed by atoms with Crippen molar-refractivity contribution in [2.45, 2.75) is 5.92 Å². The summed E-state index contributed by atoms with van der Waals surface area (Å²) in [5.74, 6) is 1.02. The van der Waals surface area contributed by atoms with E-state index in [1.807, 2.05) is 18.2 Å². The van der Waals surface area contributed by atoms with Crippen molar-refractivity contribution in [1.82, 2.24) is 10.2 Å². The molecular weight excluding hydrogens is 228 g/mol. The molecule has 1 heterocycles. The van der Waals surface area contributed by atoms with E-state index in [2.05, 4.69) is 16.3 Å². The van der Waals surface area contributed by atoms with Gasteiger partial charge in [0.15, 0.2) is 0 Å². The van der Waals surface area contributed by atoms with E-state index in [0.29, 0.717) is 0 Å². The van der Waals surface area contributed by atoms with Crippen LogP contribution in [0.15, 0.2) is 24.3 Å². The Balaban J connectivity index is 2.02. The van der Waals surface area contributed by atoms with Crippen LogP contribution in [0, 0.1) is 0 Å². The lowest BCUT2D eigenvalue weighted by Crippen LogP contribution is -2.45. The Morgan fingerprint density at radius 1 is 1.39 bits per heavy atom. The molecule has 1 saturated heterocycles. The van der Waals surface area contributed by atoms with Gasteiger partial charge in [-0.05, 0) is 17.7 Å². The smallest absolute Gasteiger partial charge is 0.119 e. The molecule has 0 saturated carbocycles. The lowest BCUT2D eigenvalue weighted by Gasteiger charge is -2.30. The number of aliphatic hydroxyl groups excluding tert-OH is 1. The third kappa shape index (κ3) is 3.45. The van der Waals surface area contributed by atoms with Crippen LogP contribution in [-0.2, 0) is 0 Å². The minimum atomic E-state index is 0.165. The van der Waals surface area contributed by atoms with Crippen LogP contribution in [0.25, 0.3) is 0 Å². The molecule has 1 aliphatic rings. The highest BCUT2D eigenvalue weighted by molar-refractivity contribution is 5.31. The Bertz CT molecular complexity index is 365. The molecule has 100 valence electrons. The first-order valence-corrected chi connectivity index (χ1v) is 6.51. The van der Waals surface area contributed by atoms with Gasteiger partial charge in [-0.2, -0.15) is 0 Å². The number of rotatable bonds is 5. The molecule has 1 unspecified atom stereocenters. The summed E-state index contributed by atoms with van der Waals surface area (Å²) in [6.07, 6.45) is 0. The summed E-state index contributed by atoms with van der Waals surface area (Å²) in [6.45, 7) is 5.27. The molecule has 4 nitrogen and oxygen atoms in total. The fourth-order valence-electron chi connectivity index (χ4n) is 2.37. The Morgan fingerprint density at radius 2 is 2.17 bits per heavy atom. The second-order valence-electron chi connectivity index (χ2n) is 4.71. The molecule has 18 heavy (non-hydrogen) atoms. The van der Waals surface area contributed by atoms with Crippen LogP contribution >= 0.6 is 0 Å². The molecule has 0 bridgehead atoms. The van der Waals surface area contributed by atoms with Crippen molar-refractivity contribution in [3.8, 4) is 5.75 Å². The first-order chi connectivity index (χ1) is 8.83. The zero-order valence-electron chi connectivity index (χ0n) is 10.9. The van der Waals surface area contributed by atoms with E-state index < -0.39 is 0 Å². The average molecular weight is 250 g/mol. The Morgan fingerprint density at radius 3 is 2.83 bits per heavy atom. The second kappa shape index (κ2) is 6.73. The maximum atomic E-state index is 9.59. The lowest BCUT2D eigenvalue weighted by molar-refractivity contribution is 0.185. The first-order valence-electron chi connectivity index (χ1n) is 6.51. The van der Waals surface area contributed by atoms with Gasteiger partial charge in [0, 0.05) is 38.6 Å². The fraction of sp³-hybridized carbons (Fsp3) is 0.571. The molecule has 0 aliphatic carbocycles. The monoisotopic (exact) mass is 250 g/mol. The third-order valence-corrected chi connectivity index (χ3v) is 3.47. The maximum Gasteiger partial charge on any atom is 0.119 e. The number of benzene rings is 1. The fourth-order valence-corrected chi connectivity index (χ4v) is 2.37. The number of piperazine rings is 1. The second-order valence-corrected chi connectivity index (χ2v) is 4.71. The minimum absolute atomic E-state index is 0.165. The SMILES string of the molecule is COc1cccc(C(CO)CN2CCNCC2)c1. The molecule has 1 atom stereocenters. The summed E-state index contributed by atoms with van der Waals surface area (Å²) in [5.41, 5.74) is 1.15. The van der Waals surface area contributed by atoms with E-state index >= 15 is 0 Å². The molecular formula is C14H22N2O2. The van der Waals surface area contributed by atoms with Crippen molar-refractivity contribution in [1.29, 1.82) is 0 Å². The first kappa shape index (κ1) is 13.3. The lowest BCUT2D eigenvalue weighted by atomic mass is 9.99. The zero-order chi connectivity index (χ0) is 12.8. The topological polar surface area (TPSA) is 44.7 Å². The summed E-state index contributed by atoms with van der Waals surface area (Å²) in [7, 11) is 1.67. The van der Waals surface area contributed by atoms with Crippen molar-refractivity contribution in [3.63, 3.8) is 0 Å². The molecule has 0 aromatic heterocycles. The molecule has 1 aromatic carbocycles. The predicted molar refractivity (Wildman–Crippen MR) is 72.1 cm³/mol. The molecule has 1 aromatic rings. The number of nitrogens with one attached hydrogen (secondary N) is 1. The van der Waals surface area contributed by atoms with Crippen LogP contribution in [-0.4, -0.2) is 56.4 Å². The van der Waals surface area contributed by atoms with Crippen LogP contribution in [0.5, 0.6) is 5.75 Å². The molecule has 2 rings (SSSR count). The normalized spacial score (nSPS) is 18.6. The van der Waals surface area contributed by atoms with Crippen LogP contribution < -0.4 is 10.1 Å². The van der Waals surface area contributed by atoms with Crippen LogP contribution in [0.3, 0.4) is 0 Å². The van der Waals surface area contributed by atoms with Crippen molar-refractivity contribution in [2.75, 3.05) is 46.4 Å². The van der Waals surface area contributed by atoms with Gasteiger partial charge in [0.1, 0.15) is 5.75 Å². The largest absolute Gasteiger partial charge is 0.497 e. The Labute approximate surface area is 109 Å². The molecule has 0 spiro atoms. The Hall–Kier alpha value is -1.10. The van der Waals surface area contributed by atoms with Crippen molar-refractivity contribution in [2.24, 2.45) is 0 Å². The molecule has 1 fully saturated rings. The summed E-state index contributed by atoms with van der Waals surface area (Å²) >= 11 is 0. The van der Waals surface area contributed by atoms with Crippen molar-refractivity contribution in [3.05, 3.63) is 29.8 Å². The maximum absolute atomic E-state index is 9.59. The summed E-state index contributed by atoms with van der Waals surface area (Å²) in [4.78, 5) is 2.40. The molecule has 0 radical (unpaired) electrons. The molecule has 1 aliphatic heterocycles. The standard InChI is InChI=1S/C14H22N2O2/c1-18-14-4-2-3-12(9-14)13(11-17)10-16-7-5-15-6-8-16/h2-4,9,13,15,17H,5-8,10-11H2,1H3. The number of hydrogen-bond acceptors (Lipinski definition) is 4. The highest BCUT2D eigenvalue weighted by atomic mass is 16.5. The molecule has 2 N–H and O–H groups in total. The van der Waals surface area contributed by atoms with Crippen LogP contribution in [0.4, 0.5) is 0 Å². The van der Waals surface area contributed by atoms with Gasteiger partial charge in [0.2, 0.25) is 0 Å². The van der Waals surface area contributed by atoms with E-state index in [1.54, 1.807) is 7.11 Å². The minimum Gasteiger partial charge on any atom is -0.497 e. The van der Waals surface area contributed by atoms with Gasteiger partial charge in [0.05, 0.1) is 13.7 Å². The van der Waals surface area contributed by atoms with E-state index in [-0.39, 0.29) is 12.5 Å². The number of nitrogens with zero attached hydrogens (tertiary/aromatic N) is 1. The van der Waals surface area contributed by atoms with E-state index in [0.717, 1.165) is 44.0 Å². The van der Waals surface area contributed by atoms with Crippen molar-refractivity contribution < 1.29 is 9.84 Å². The van der Waals surface area contributed by atoms with Gasteiger partial charge in [-0.1, -0.05) is 12.1 Å². The molecule has 0 amide bonds.